The third kappa shape index (κ3) is 3.65. The minimum absolute atomic E-state index is 0.297. The summed E-state index contributed by atoms with van der Waals surface area (Å²) in [6, 6.07) is 9.51. The monoisotopic (exact) mass is 339 g/mol. The van der Waals surface area contributed by atoms with E-state index < -0.39 is 0 Å². The van der Waals surface area contributed by atoms with Gasteiger partial charge in [0.15, 0.2) is 0 Å². The van der Waals surface area contributed by atoms with Crippen molar-refractivity contribution in [1.29, 1.82) is 0 Å². The molecule has 0 aliphatic carbocycles. The van der Waals surface area contributed by atoms with Gasteiger partial charge in [-0.2, -0.15) is 0 Å². The molecule has 0 atom stereocenters. The van der Waals surface area contributed by atoms with Crippen molar-refractivity contribution in [2.45, 2.75) is 13.1 Å². The standard InChI is InChI=1S/C14H14BrNO2S/c1-18-14(17)11-5-3-2-4-10(11)8-16-9-13-12(15)6-7-19-13/h2-7,16H,8-9H2,1H3. The Bertz CT molecular complexity index is 568. The molecule has 0 amide bonds. The number of nitrogens with one attached hydrogen (secondary N) is 1. The van der Waals surface area contributed by atoms with Crippen LogP contribution in [0.1, 0.15) is 20.8 Å². The molecular formula is C14H14BrNO2S. The third-order valence-corrected chi connectivity index (χ3v) is 4.64. The lowest BCUT2D eigenvalue weighted by molar-refractivity contribution is 0.0599. The number of methoxy groups -OCH3 is 1. The fourth-order valence-corrected chi connectivity index (χ4v) is 3.21. The summed E-state index contributed by atoms with van der Waals surface area (Å²) in [6.07, 6.45) is 0. The van der Waals surface area contributed by atoms with Gasteiger partial charge < -0.3 is 10.1 Å². The number of benzene rings is 1. The summed E-state index contributed by atoms with van der Waals surface area (Å²) in [7, 11) is 1.40. The van der Waals surface area contributed by atoms with Crippen molar-refractivity contribution in [3.8, 4) is 0 Å². The number of esters is 1. The predicted molar refractivity (Wildman–Crippen MR) is 80.3 cm³/mol. The number of halogens is 1. The van der Waals surface area contributed by atoms with Gasteiger partial charge in [-0.25, -0.2) is 4.79 Å². The van der Waals surface area contributed by atoms with E-state index in [0.717, 1.165) is 16.6 Å². The first-order valence-electron chi connectivity index (χ1n) is 5.81. The van der Waals surface area contributed by atoms with Crippen LogP contribution in [0, 0.1) is 0 Å². The lowest BCUT2D eigenvalue weighted by Gasteiger charge is -2.08. The van der Waals surface area contributed by atoms with E-state index in [0.29, 0.717) is 12.1 Å². The Hall–Kier alpha value is -1.17. The van der Waals surface area contributed by atoms with Crippen molar-refractivity contribution in [3.63, 3.8) is 0 Å². The average Bonchev–Trinajstić information content (AvgIpc) is 2.84. The Morgan fingerprint density at radius 2 is 2.11 bits per heavy atom. The van der Waals surface area contributed by atoms with E-state index in [1.807, 2.05) is 29.6 Å². The zero-order chi connectivity index (χ0) is 13.7. The van der Waals surface area contributed by atoms with E-state index in [1.54, 1.807) is 17.4 Å². The zero-order valence-electron chi connectivity index (χ0n) is 10.5. The second-order valence-corrected chi connectivity index (χ2v) is 5.80. The normalized spacial score (nSPS) is 10.4. The highest BCUT2D eigenvalue weighted by Gasteiger charge is 2.10. The number of carbonyl (C=O) groups excluding carboxylic acids is 1. The first-order chi connectivity index (χ1) is 9.22. The molecule has 5 heteroatoms. The van der Waals surface area contributed by atoms with E-state index >= 15 is 0 Å². The molecule has 1 aromatic carbocycles. The third-order valence-electron chi connectivity index (χ3n) is 2.71. The van der Waals surface area contributed by atoms with Gasteiger partial charge in [-0.3, -0.25) is 0 Å². The summed E-state index contributed by atoms with van der Waals surface area (Å²) < 4.78 is 5.89. The van der Waals surface area contributed by atoms with Crippen LogP contribution in [0.25, 0.3) is 0 Å². The van der Waals surface area contributed by atoms with Gasteiger partial charge in [-0.1, -0.05) is 18.2 Å². The van der Waals surface area contributed by atoms with Gasteiger partial charge in [0.2, 0.25) is 0 Å². The SMILES string of the molecule is COC(=O)c1ccccc1CNCc1sccc1Br. The molecule has 0 spiro atoms. The minimum atomic E-state index is -0.297. The Morgan fingerprint density at radius 1 is 1.32 bits per heavy atom. The largest absolute Gasteiger partial charge is 0.465 e. The van der Waals surface area contributed by atoms with Gasteiger partial charge in [-0.15, -0.1) is 11.3 Å². The molecule has 0 aliphatic rings. The summed E-state index contributed by atoms with van der Waals surface area (Å²) in [5.74, 6) is -0.297. The number of carbonyl (C=O) groups is 1. The van der Waals surface area contributed by atoms with Crippen LogP contribution in [0.2, 0.25) is 0 Å². The average molecular weight is 340 g/mol. The fourth-order valence-electron chi connectivity index (χ4n) is 1.75. The molecule has 0 bridgehead atoms. The zero-order valence-corrected chi connectivity index (χ0v) is 12.9. The van der Waals surface area contributed by atoms with Crippen LogP contribution in [0.4, 0.5) is 0 Å². The second kappa shape index (κ2) is 6.84. The highest BCUT2D eigenvalue weighted by Crippen LogP contribution is 2.22. The minimum Gasteiger partial charge on any atom is -0.465 e. The quantitative estimate of drug-likeness (QED) is 0.846. The maximum Gasteiger partial charge on any atom is 0.338 e. The molecule has 3 nitrogen and oxygen atoms in total. The molecule has 1 aromatic heterocycles. The fraction of sp³-hybridized carbons (Fsp3) is 0.214. The van der Waals surface area contributed by atoms with Crippen LogP contribution in [-0.2, 0) is 17.8 Å². The Balaban J connectivity index is 2.00. The van der Waals surface area contributed by atoms with Gasteiger partial charge >= 0.3 is 5.97 Å². The summed E-state index contributed by atoms with van der Waals surface area (Å²) in [5, 5.41) is 5.38. The first-order valence-corrected chi connectivity index (χ1v) is 7.48. The summed E-state index contributed by atoms with van der Waals surface area (Å²) >= 11 is 5.20. The van der Waals surface area contributed by atoms with Gasteiger partial charge in [0.25, 0.3) is 0 Å². The lowest BCUT2D eigenvalue weighted by Crippen LogP contribution is -2.15. The Morgan fingerprint density at radius 3 is 2.79 bits per heavy atom. The van der Waals surface area contributed by atoms with Crippen molar-refractivity contribution in [3.05, 3.63) is 56.2 Å². The highest BCUT2D eigenvalue weighted by molar-refractivity contribution is 9.10. The molecule has 0 aliphatic heterocycles. The van der Waals surface area contributed by atoms with E-state index in [4.69, 9.17) is 4.74 Å². The molecule has 19 heavy (non-hydrogen) atoms. The molecule has 0 unspecified atom stereocenters. The van der Waals surface area contributed by atoms with Crippen LogP contribution in [0.5, 0.6) is 0 Å². The molecule has 100 valence electrons. The van der Waals surface area contributed by atoms with Gasteiger partial charge in [0.1, 0.15) is 0 Å². The molecule has 1 heterocycles. The van der Waals surface area contributed by atoms with Gasteiger partial charge in [0.05, 0.1) is 12.7 Å². The maximum absolute atomic E-state index is 11.6. The summed E-state index contributed by atoms with van der Waals surface area (Å²) in [5.41, 5.74) is 1.56. The van der Waals surface area contributed by atoms with Crippen molar-refractivity contribution < 1.29 is 9.53 Å². The van der Waals surface area contributed by atoms with Crippen molar-refractivity contribution in [2.75, 3.05) is 7.11 Å². The summed E-state index contributed by atoms with van der Waals surface area (Å²) in [4.78, 5) is 12.9. The molecular weight excluding hydrogens is 326 g/mol. The van der Waals surface area contributed by atoms with Crippen molar-refractivity contribution in [1.82, 2.24) is 5.32 Å². The van der Waals surface area contributed by atoms with Crippen LogP contribution in [0.3, 0.4) is 0 Å². The Labute approximate surface area is 124 Å². The number of rotatable bonds is 5. The van der Waals surface area contributed by atoms with E-state index in [-0.39, 0.29) is 5.97 Å². The lowest BCUT2D eigenvalue weighted by atomic mass is 10.1. The highest BCUT2D eigenvalue weighted by atomic mass is 79.9. The number of hydrogen-bond donors (Lipinski definition) is 1. The van der Waals surface area contributed by atoms with Crippen molar-refractivity contribution >= 4 is 33.2 Å². The second-order valence-electron chi connectivity index (χ2n) is 3.94. The molecule has 0 saturated carbocycles. The van der Waals surface area contributed by atoms with E-state index in [9.17, 15) is 4.79 Å². The number of thiophene rings is 1. The summed E-state index contributed by atoms with van der Waals surface area (Å²) in [6.45, 7) is 1.41. The van der Waals surface area contributed by atoms with Gasteiger partial charge in [-0.05, 0) is 39.0 Å². The topological polar surface area (TPSA) is 38.3 Å². The number of ether oxygens (including phenoxy) is 1. The maximum atomic E-state index is 11.6. The van der Waals surface area contributed by atoms with Crippen LogP contribution in [0.15, 0.2) is 40.2 Å². The number of hydrogen-bond acceptors (Lipinski definition) is 4. The van der Waals surface area contributed by atoms with Crippen LogP contribution < -0.4 is 5.32 Å². The molecule has 2 aromatic rings. The molecule has 1 N–H and O–H groups in total. The van der Waals surface area contributed by atoms with Crippen LogP contribution in [-0.4, -0.2) is 13.1 Å². The van der Waals surface area contributed by atoms with Crippen LogP contribution >= 0.6 is 27.3 Å². The smallest absolute Gasteiger partial charge is 0.338 e. The molecule has 0 fully saturated rings. The van der Waals surface area contributed by atoms with E-state index in [2.05, 4.69) is 21.2 Å². The van der Waals surface area contributed by atoms with Gasteiger partial charge in [0, 0.05) is 22.4 Å². The molecule has 2 rings (SSSR count). The first kappa shape index (κ1) is 14.2. The van der Waals surface area contributed by atoms with Crippen molar-refractivity contribution in [2.24, 2.45) is 0 Å². The van der Waals surface area contributed by atoms with E-state index in [1.165, 1.54) is 12.0 Å². The predicted octanol–water partition coefficient (Wildman–Crippen LogP) is 3.59. The molecule has 0 saturated heterocycles. The molecule has 0 radical (unpaired) electrons. The Kier molecular flexibility index (Phi) is 5.13.